The molecule has 2 fully saturated rings. The summed E-state index contributed by atoms with van der Waals surface area (Å²) in [5, 5.41) is 0. The van der Waals surface area contributed by atoms with E-state index in [0.717, 1.165) is 11.4 Å². The highest BCUT2D eigenvalue weighted by molar-refractivity contribution is 5.92. The molecule has 2 saturated heterocycles. The maximum atomic E-state index is 13.0. The van der Waals surface area contributed by atoms with Gasteiger partial charge in [-0.2, -0.15) is 0 Å². The van der Waals surface area contributed by atoms with Crippen molar-refractivity contribution < 1.29 is 14.3 Å². The number of aryl methyl sites for hydroxylation is 1. The minimum Gasteiger partial charge on any atom is -0.360 e. The first-order valence-electron chi connectivity index (χ1n) is 8.06. The van der Waals surface area contributed by atoms with Crippen molar-refractivity contribution in [3.8, 4) is 0 Å². The number of hydrogen-bond donors (Lipinski definition) is 0. The first kappa shape index (κ1) is 15.3. The predicted octanol–water partition coefficient (Wildman–Crippen LogP) is 0.155. The molecule has 0 aliphatic carbocycles. The molecular formula is C17H20N4O3. The number of aromatic nitrogens is 2. The Balaban J connectivity index is 1.60. The molecule has 0 saturated carbocycles. The van der Waals surface area contributed by atoms with Gasteiger partial charge in [-0.25, -0.2) is 0 Å². The van der Waals surface area contributed by atoms with E-state index in [1.165, 1.54) is 4.90 Å². The zero-order valence-corrected chi connectivity index (χ0v) is 14.0. The van der Waals surface area contributed by atoms with Gasteiger partial charge in [0, 0.05) is 20.3 Å². The molecule has 2 bridgehead atoms. The molecule has 126 valence electrons. The van der Waals surface area contributed by atoms with Gasteiger partial charge in [0.05, 0.1) is 48.6 Å². The molecule has 7 heteroatoms. The molecule has 4 rings (SSSR count). The summed E-state index contributed by atoms with van der Waals surface area (Å²) < 4.78 is 6.07. The average Bonchev–Trinajstić information content (AvgIpc) is 3.17. The number of nitrogens with zero attached hydrogens (tertiary/aromatic N) is 4. The molecule has 0 unspecified atom stereocenters. The Morgan fingerprint density at radius 3 is 2.88 bits per heavy atom. The quantitative estimate of drug-likeness (QED) is 0.739. The monoisotopic (exact) mass is 328 g/mol. The number of carbonyl (C=O) groups is 2. The molecule has 24 heavy (non-hydrogen) atoms. The van der Waals surface area contributed by atoms with Gasteiger partial charge < -0.3 is 14.5 Å². The predicted molar refractivity (Wildman–Crippen MR) is 84.6 cm³/mol. The lowest BCUT2D eigenvalue weighted by Crippen LogP contribution is -2.43. The van der Waals surface area contributed by atoms with Crippen molar-refractivity contribution in [2.75, 3.05) is 20.6 Å². The number of carbonyl (C=O) groups excluding carboxylic acids is 2. The van der Waals surface area contributed by atoms with Crippen LogP contribution in [0.4, 0.5) is 0 Å². The van der Waals surface area contributed by atoms with Gasteiger partial charge in [0.25, 0.3) is 0 Å². The van der Waals surface area contributed by atoms with E-state index in [1.807, 2.05) is 19.1 Å². The lowest BCUT2D eigenvalue weighted by molar-refractivity contribution is -0.141. The normalized spacial score (nSPS) is 33.2. The van der Waals surface area contributed by atoms with Crippen LogP contribution in [0.25, 0.3) is 0 Å². The topological polar surface area (TPSA) is 75.6 Å². The Labute approximate surface area is 140 Å². The molecule has 0 radical (unpaired) electrons. The van der Waals surface area contributed by atoms with E-state index < -0.39 is 17.4 Å². The molecule has 7 nitrogen and oxygen atoms in total. The summed E-state index contributed by atoms with van der Waals surface area (Å²) in [5.41, 5.74) is 0.902. The number of amides is 2. The standard InChI is InChI=1S/C17H20N4O3/c1-10-6-19-11(7-18-10)8-21-9-17-5-4-12(24-17)13(14(17)16(21)23)15(22)20(2)3/h4-7,12-14H,8-9H2,1-3H3/t12-,13+,14+,17-/m0/s1. The summed E-state index contributed by atoms with van der Waals surface area (Å²) in [5.74, 6) is -0.974. The highest BCUT2D eigenvalue weighted by atomic mass is 16.5. The third kappa shape index (κ3) is 2.07. The van der Waals surface area contributed by atoms with Crippen LogP contribution in [0.15, 0.2) is 24.5 Å². The molecule has 1 spiro atoms. The molecule has 4 atom stereocenters. The lowest BCUT2D eigenvalue weighted by Gasteiger charge is -2.25. The first-order valence-corrected chi connectivity index (χ1v) is 8.06. The summed E-state index contributed by atoms with van der Waals surface area (Å²) in [6.07, 6.45) is 6.96. The maximum Gasteiger partial charge on any atom is 0.230 e. The molecule has 1 aromatic heterocycles. The minimum atomic E-state index is -0.670. The van der Waals surface area contributed by atoms with Crippen LogP contribution in [0, 0.1) is 18.8 Å². The van der Waals surface area contributed by atoms with E-state index in [0.29, 0.717) is 13.1 Å². The van der Waals surface area contributed by atoms with Crippen molar-refractivity contribution in [2.45, 2.75) is 25.2 Å². The fourth-order valence-electron chi connectivity index (χ4n) is 3.99. The third-order valence-electron chi connectivity index (χ3n) is 5.09. The SMILES string of the molecule is Cc1cnc(CN2C[C@]34C=C[C@H](O3)[C@@H](C(=O)N(C)C)[C@@H]4C2=O)cn1. The lowest BCUT2D eigenvalue weighted by atomic mass is 9.76. The number of ether oxygens (including phenoxy) is 1. The Kier molecular flexibility index (Phi) is 3.25. The van der Waals surface area contributed by atoms with Crippen molar-refractivity contribution in [3.05, 3.63) is 35.9 Å². The van der Waals surface area contributed by atoms with Crippen molar-refractivity contribution in [3.63, 3.8) is 0 Å². The molecule has 4 heterocycles. The van der Waals surface area contributed by atoms with Gasteiger partial charge >= 0.3 is 0 Å². The van der Waals surface area contributed by atoms with Gasteiger partial charge in [0.1, 0.15) is 5.60 Å². The van der Waals surface area contributed by atoms with Crippen LogP contribution in [0.1, 0.15) is 11.4 Å². The van der Waals surface area contributed by atoms with Crippen molar-refractivity contribution in [1.82, 2.24) is 19.8 Å². The van der Waals surface area contributed by atoms with Crippen LogP contribution in [0.2, 0.25) is 0 Å². The fourth-order valence-corrected chi connectivity index (χ4v) is 3.99. The summed E-state index contributed by atoms with van der Waals surface area (Å²) in [4.78, 5) is 37.3. The van der Waals surface area contributed by atoms with Gasteiger partial charge in [0.2, 0.25) is 11.8 Å². The molecule has 3 aliphatic rings. The molecular weight excluding hydrogens is 308 g/mol. The summed E-state index contributed by atoms with van der Waals surface area (Å²) in [7, 11) is 3.42. The van der Waals surface area contributed by atoms with E-state index >= 15 is 0 Å². The van der Waals surface area contributed by atoms with Crippen LogP contribution in [-0.2, 0) is 20.9 Å². The van der Waals surface area contributed by atoms with Crippen LogP contribution in [0.5, 0.6) is 0 Å². The highest BCUT2D eigenvalue weighted by Gasteiger charge is 2.66. The highest BCUT2D eigenvalue weighted by Crippen LogP contribution is 2.52. The van der Waals surface area contributed by atoms with Crippen molar-refractivity contribution in [2.24, 2.45) is 11.8 Å². The minimum absolute atomic E-state index is 0.0376. The van der Waals surface area contributed by atoms with Crippen LogP contribution in [-0.4, -0.2) is 63.9 Å². The van der Waals surface area contributed by atoms with E-state index in [2.05, 4.69) is 9.97 Å². The van der Waals surface area contributed by atoms with Gasteiger partial charge in [-0.3, -0.25) is 19.6 Å². The van der Waals surface area contributed by atoms with Crippen LogP contribution in [0.3, 0.4) is 0 Å². The van der Waals surface area contributed by atoms with Gasteiger partial charge in [-0.1, -0.05) is 12.2 Å². The summed E-state index contributed by atoms with van der Waals surface area (Å²) >= 11 is 0. The maximum absolute atomic E-state index is 13.0. The molecule has 3 aliphatic heterocycles. The third-order valence-corrected chi connectivity index (χ3v) is 5.09. The Hall–Kier alpha value is -2.28. The number of hydrogen-bond acceptors (Lipinski definition) is 5. The zero-order valence-electron chi connectivity index (χ0n) is 14.0. The summed E-state index contributed by atoms with van der Waals surface area (Å²) in [6.45, 7) is 2.71. The van der Waals surface area contributed by atoms with Crippen LogP contribution < -0.4 is 0 Å². The van der Waals surface area contributed by atoms with Crippen molar-refractivity contribution >= 4 is 11.8 Å². The van der Waals surface area contributed by atoms with Crippen LogP contribution >= 0.6 is 0 Å². The van der Waals surface area contributed by atoms with E-state index in [1.54, 1.807) is 31.4 Å². The van der Waals surface area contributed by atoms with E-state index in [4.69, 9.17) is 4.74 Å². The molecule has 0 N–H and O–H groups in total. The fraction of sp³-hybridized carbons (Fsp3) is 0.529. The average molecular weight is 328 g/mol. The van der Waals surface area contributed by atoms with Gasteiger partial charge in [-0.05, 0) is 6.92 Å². The number of fused-ring (bicyclic) bond motifs is 1. The molecule has 1 aromatic rings. The van der Waals surface area contributed by atoms with E-state index in [-0.39, 0.29) is 17.9 Å². The second kappa shape index (κ2) is 5.11. The molecule has 0 aromatic carbocycles. The Morgan fingerprint density at radius 1 is 1.42 bits per heavy atom. The van der Waals surface area contributed by atoms with Gasteiger partial charge in [-0.15, -0.1) is 0 Å². The molecule has 2 amide bonds. The second-order valence-electron chi connectivity index (χ2n) is 6.98. The Bertz CT molecular complexity index is 730. The van der Waals surface area contributed by atoms with Gasteiger partial charge in [0.15, 0.2) is 0 Å². The van der Waals surface area contributed by atoms with Crippen molar-refractivity contribution in [1.29, 1.82) is 0 Å². The smallest absolute Gasteiger partial charge is 0.230 e. The summed E-state index contributed by atoms with van der Waals surface area (Å²) in [6, 6.07) is 0. The first-order chi connectivity index (χ1) is 11.4. The number of likely N-dealkylation sites (tertiary alicyclic amines) is 1. The zero-order chi connectivity index (χ0) is 17.1. The Morgan fingerprint density at radius 2 is 2.21 bits per heavy atom. The largest absolute Gasteiger partial charge is 0.360 e. The van der Waals surface area contributed by atoms with E-state index in [9.17, 15) is 9.59 Å². The second-order valence-corrected chi connectivity index (χ2v) is 6.98. The number of rotatable bonds is 3.